The van der Waals surface area contributed by atoms with Gasteiger partial charge >= 0.3 is 5.97 Å². The minimum atomic E-state index is -1.01. The lowest BCUT2D eigenvalue weighted by atomic mass is 10.1. The number of halogens is 1. The first kappa shape index (κ1) is 13.6. The Morgan fingerprint density at radius 2 is 1.68 bits per heavy atom. The first-order valence-electron chi connectivity index (χ1n) is 5.78. The fourth-order valence-electron chi connectivity index (χ4n) is 1.65. The average Bonchev–Trinajstić information content (AvgIpc) is 2.39. The van der Waals surface area contributed by atoms with Crippen molar-refractivity contribution >= 4 is 21.9 Å². The number of rotatable bonds is 4. The second-order valence-electron chi connectivity index (χ2n) is 4.20. The van der Waals surface area contributed by atoms with E-state index in [1.165, 1.54) is 0 Å². The standard InChI is InChI=1S/C15H13BrO3/c1-10-2-8-13(9-3-10)19-14(15(17)18)11-4-6-12(16)7-5-11/h2-9,14H,1H3,(H,17,18)/t14-/m1/s1. The molecule has 0 heterocycles. The van der Waals surface area contributed by atoms with E-state index < -0.39 is 12.1 Å². The van der Waals surface area contributed by atoms with E-state index in [1.54, 1.807) is 36.4 Å². The highest BCUT2D eigenvalue weighted by Gasteiger charge is 2.21. The summed E-state index contributed by atoms with van der Waals surface area (Å²) in [6, 6.07) is 14.4. The van der Waals surface area contributed by atoms with Crippen LogP contribution in [0.4, 0.5) is 0 Å². The number of aryl methyl sites for hydroxylation is 1. The summed E-state index contributed by atoms with van der Waals surface area (Å²) in [6.45, 7) is 1.97. The van der Waals surface area contributed by atoms with E-state index in [4.69, 9.17) is 4.74 Å². The molecule has 4 heteroatoms. The van der Waals surface area contributed by atoms with Crippen LogP contribution in [-0.2, 0) is 4.79 Å². The summed E-state index contributed by atoms with van der Waals surface area (Å²) in [4.78, 5) is 11.3. The van der Waals surface area contributed by atoms with Crippen molar-refractivity contribution in [2.75, 3.05) is 0 Å². The average molecular weight is 321 g/mol. The maximum absolute atomic E-state index is 11.3. The first-order chi connectivity index (χ1) is 9.06. The number of aliphatic carboxylic acids is 1. The number of benzene rings is 2. The molecule has 3 nitrogen and oxygen atoms in total. The Labute approximate surface area is 120 Å². The van der Waals surface area contributed by atoms with Crippen molar-refractivity contribution in [3.05, 3.63) is 64.1 Å². The minimum absolute atomic E-state index is 0.543. The molecular formula is C15H13BrO3. The molecule has 2 aromatic rings. The predicted octanol–water partition coefficient (Wildman–Crippen LogP) is 3.96. The van der Waals surface area contributed by atoms with Crippen LogP contribution in [0.2, 0.25) is 0 Å². The van der Waals surface area contributed by atoms with Crippen LogP contribution in [0.1, 0.15) is 17.2 Å². The van der Waals surface area contributed by atoms with Crippen molar-refractivity contribution in [3.63, 3.8) is 0 Å². The van der Waals surface area contributed by atoms with E-state index in [0.29, 0.717) is 11.3 Å². The van der Waals surface area contributed by atoms with Gasteiger partial charge in [0, 0.05) is 10.0 Å². The monoisotopic (exact) mass is 320 g/mol. The molecule has 2 aromatic carbocycles. The molecule has 0 saturated carbocycles. The SMILES string of the molecule is Cc1ccc(O[C@@H](C(=O)O)c2ccc(Br)cc2)cc1. The van der Waals surface area contributed by atoms with Crippen molar-refractivity contribution in [2.24, 2.45) is 0 Å². The largest absolute Gasteiger partial charge is 0.478 e. The summed E-state index contributed by atoms with van der Waals surface area (Å²) < 4.78 is 6.44. The Bertz CT molecular complexity index is 561. The van der Waals surface area contributed by atoms with Crippen molar-refractivity contribution < 1.29 is 14.6 Å². The lowest BCUT2D eigenvalue weighted by Crippen LogP contribution is -2.18. The van der Waals surface area contributed by atoms with Gasteiger partial charge in [0.15, 0.2) is 0 Å². The molecule has 1 atom stereocenters. The fourth-order valence-corrected chi connectivity index (χ4v) is 1.92. The molecule has 0 unspecified atom stereocenters. The van der Waals surface area contributed by atoms with E-state index in [1.807, 2.05) is 19.1 Å². The maximum atomic E-state index is 11.3. The van der Waals surface area contributed by atoms with Gasteiger partial charge < -0.3 is 9.84 Å². The third kappa shape index (κ3) is 3.58. The van der Waals surface area contributed by atoms with Crippen LogP contribution >= 0.6 is 15.9 Å². The fraction of sp³-hybridized carbons (Fsp3) is 0.133. The van der Waals surface area contributed by atoms with Crippen molar-refractivity contribution in [2.45, 2.75) is 13.0 Å². The molecule has 0 aromatic heterocycles. The Balaban J connectivity index is 2.23. The molecule has 0 fully saturated rings. The molecule has 19 heavy (non-hydrogen) atoms. The number of hydrogen-bond donors (Lipinski definition) is 1. The van der Waals surface area contributed by atoms with E-state index in [0.717, 1.165) is 10.0 Å². The van der Waals surface area contributed by atoms with Gasteiger partial charge in [0.2, 0.25) is 6.10 Å². The van der Waals surface area contributed by atoms with Gasteiger partial charge in [-0.1, -0.05) is 45.8 Å². The van der Waals surface area contributed by atoms with Gasteiger partial charge in [0.05, 0.1) is 0 Å². The predicted molar refractivity (Wildman–Crippen MR) is 76.3 cm³/mol. The topological polar surface area (TPSA) is 46.5 Å². The quantitative estimate of drug-likeness (QED) is 0.927. The van der Waals surface area contributed by atoms with Crippen LogP contribution in [-0.4, -0.2) is 11.1 Å². The molecule has 0 aliphatic heterocycles. The molecule has 98 valence electrons. The van der Waals surface area contributed by atoms with Crippen LogP contribution in [0, 0.1) is 6.92 Å². The Hall–Kier alpha value is -1.81. The lowest BCUT2D eigenvalue weighted by molar-refractivity contribution is -0.145. The number of carbonyl (C=O) groups is 1. The Morgan fingerprint density at radius 1 is 1.11 bits per heavy atom. The third-order valence-electron chi connectivity index (χ3n) is 2.67. The van der Waals surface area contributed by atoms with Crippen molar-refractivity contribution in [1.29, 1.82) is 0 Å². The Kier molecular flexibility index (Phi) is 4.22. The van der Waals surface area contributed by atoms with Gasteiger partial charge in [0.1, 0.15) is 5.75 Å². The van der Waals surface area contributed by atoms with E-state index in [-0.39, 0.29) is 0 Å². The summed E-state index contributed by atoms with van der Waals surface area (Å²) in [5.74, 6) is -0.469. The first-order valence-corrected chi connectivity index (χ1v) is 6.57. The van der Waals surface area contributed by atoms with Crippen LogP contribution < -0.4 is 4.74 Å². The molecule has 0 spiro atoms. The van der Waals surface area contributed by atoms with Gasteiger partial charge in [0.25, 0.3) is 0 Å². The summed E-state index contributed by atoms with van der Waals surface area (Å²) in [5.41, 5.74) is 1.71. The minimum Gasteiger partial charge on any atom is -0.478 e. The molecule has 2 rings (SSSR count). The highest BCUT2D eigenvalue weighted by Crippen LogP contribution is 2.24. The van der Waals surface area contributed by atoms with Crippen molar-refractivity contribution in [1.82, 2.24) is 0 Å². The number of hydrogen-bond acceptors (Lipinski definition) is 2. The van der Waals surface area contributed by atoms with Crippen LogP contribution in [0.3, 0.4) is 0 Å². The molecule has 0 amide bonds. The molecule has 0 saturated heterocycles. The highest BCUT2D eigenvalue weighted by atomic mass is 79.9. The smallest absolute Gasteiger partial charge is 0.349 e. The van der Waals surface area contributed by atoms with Gasteiger partial charge in [-0.05, 0) is 31.2 Å². The van der Waals surface area contributed by atoms with Gasteiger partial charge in [-0.3, -0.25) is 0 Å². The van der Waals surface area contributed by atoms with E-state index in [2.05, 4.69) is 15.9 Å². The van der Waals surface area contributed by atoms with E-state index >= 15 is 0 Å². The zero-order chi connectivity index (χ0) is 13.8. The molecule has 1 N–H and O–H groups in total. The van der Waals surface area contributed by atoms with Gasteiger partial charge in [-0.25, -0.2) is 4.79 Å². The van der Waals surface area contributed by atoms with Crippen LogP contribution in [0.5, 0.6) is 5.75 Å². The summed E-state index contributed by atoms with van der Waals surface area (Å²) in [6.07, 6.45) is -1.00. The number of ether oxygens (including phenoxy) is 1. The van der Waals surface area contributed by atoms with E-state index in [9.17, 15) is 9.90 Å². The second-order valence-corrected chi connectivity index (χ2v) is 5.12. The summed E-state index contributed by atoms with van der Waals surface area (Å²) in [7, 11) is 0. The molecule has 0 bridgehead atoms. The molecule has 0 radical (unpaired) electrons. The molecule has 0 aliphatic rings. The zero-order valence-electron chi connectivity index (χ0n) is 10.3. The molecular weight excluding hydrogens is 308 g/mol. The zero-order valence-corrected chi connectivity index (χ0v) is 11.9. The number of carboxylic acid groups (broad SMARTS) is 1. The van der Waals surface area contributed by atoms with Gasteiger partial charge in [-0.15, -0.1) is 0 Å². The molecule has 0 aliphatic carbocycles. The van der Waals surface area contributed by atoms with Crippen molar-refractivity contribution in [3.8, 4) is 5.75 Å². The second kappa shape index (κ2) is 5.89. The summed E-state index contributed by atoms with van der Waals surface area (Å²) in [5, 5.41) is 9.28. The van der Waals surface area contributed by atoms with Crippen LogP contribution in [0.15, 0.2) is 53.0 Å². The maximum Gasteiger partial charge on any atom is 0.349 e. The third-order valence-corrected chi connectivity index (χ3v) is 3.20. The lowest BCUT2D eigenvalue weighted by Gasteiger charge is -2.15. The normalized spacial score (nSPS) is 11.9. The number of carboxylic acids is 1. The Morgan fingerprint density at radius 3 is 2.21 bits per heavy atom. The van der Waals surface area contributed by atoms with Crippen LogP contribution in [0.25, 0.3) is 0 Å². The van der Waals surface area contributed by atoms with Gasteiger partial charge in [-0.2, -0.15) is 0 Å². The summed E-state index contributed by atoms with van der Waals surface area (Å²) >= 11 is 3.32. The highest BCUT2D eigenvalue weighted by molar-refractivity contribution is 9.10.